The lowest BCUT2D eigenvalue weighted by Gasteiger charge is -2.12. The van der Waals surface area contributed by atoms with Crippen molar-refractivity contribution in [2.24, 2.45) is 0 Å². The number of furan rings is 1. The molecule has 0 saturated carbocycles. The third-order valence-corrected chi connectivity index (χ3v) is 4.45. The molecule has 138 valence electrons. The molecule has 3 rings (SSSR count). The second-order valence-corrected chi connectivity index (χ2v) is 6.54. The molecule has 1 heterocycles. The smallest absolute Gasteiger partial charge is 0.253 e. The highest BCUT2D eigenvalue weighted by molar-refractivity contribution is 9.10. The van der Waals surface area contributed by atoms with Gasteiger partial charge in [0.05, 0.1) is 30.6 Å². The summed E-state index contributed by atoms with van der Waals surface area (Å²) >= 11 is 3.39. The second-order valence-electron chi connectivity index (χ2n) is 5.69. The van der Waals surface area contributed by atoms with Crippen LogP contribution in [0.3, 0.4) is 0 Å². The second kappa shape index (κ2) is 9.05. The van der Waals surface area contributed by atoms with Crippen molar-refractivity contribution in [1.29, 1.82) is 0 Å². The van der Waals surface area contributed by atoms with Crippen molar-refractivity contribution in [3.63, 3.8) is 0 Å². The monoisotopic (exact) mass is 427 g/mol. The molecule has 0 radical (unpaired) electrons. The number of carbonyl (C=O) groups is 2. The van der Waals surface area contributed by atoms with Crippen molar-refractivity contribution in [2.45, 2.75) is 6.54 Å². The van der Waals surface area contributed by atoms with Gasteiger partial charge in [-0.25, -0.2) is 0 Å². The van der Waals surface area contributed by atoms with Crippen LogP contribution in [0.25, 0.3) is 0 Å². The maximum atomic E-state index is 12.4. The van der Waals surface area contributed by atoms with Gasteiger partial charge in [0, 0.05) is 10.2 Å². The fourth-order valence-corrected chi connectivity index (χ4v) is 2.83. The first-order valence-electron chi connectivity index (χ1n) is 8.31. The van der Waals surface area contributed by atoms with Crippen LogP contribution >= 0.6 is 15.9 Å². The molecular weight excluding hydrogens is 410 g/mol. The van der Waals surface area contributed by atoms with Crippen LogP contribution in [0.1, 0.15) is 16.1 Å². The van der Waals surface area contributed by atoms with Crippen molar-refractivity contribution in [2.75, 3.05) is 17.2 Å². The molecular formula is C20H18BrN3O3. The molecule has 0 aliphatic carbocycles. The first kappa shape index (κ1) is 18.7. The molecule has 27 heavy (non-hydrogen) atoms. The van der Waals surface area contributed by atoms with Crippen LogP contribution in [0.15, 0.2) is 75.8 Å². The molecule has 2 amide bonds. The number of rotatable bonds is 7. The van der Waals surface area contributed by atoms with Crippen LogP contribution in [-0.2, 0) is 11.3 Å². The minimum Gasteiger partial charge on any atom is -0.467 e. The lowest BCUT2D eigenvalue weighted by molar-refractivity contribution is -0.114. The van der Waals surface area contributed by atoms with Crippen molar-refractivity contribution >= 4 is 39.1 Å². The zero-order valence-electron chi connectivity index (χ0n) is 14.4. The number of nitrogens with one attached hydrogen (secondary N) is 3. The highest BCUT2D eigenvalue weighted by atomic mass is 79.9. The van der Waals surface area contributed by atoms with E-state index in [-0.39, 0.29) is 18.4 Å². The van der Waals surface area contributed by atoms with Gasteiger partial charge in [-0.05, 0) is 52.3 Å². The summed E-state index contributed by atoms with van der Waals surface area (Å²) in [5, 5.41) is 8.62. The van der Waals surface area contributed by atoms with Crippen LogP contribution in [0, 0.1) is 0 Å². The summed E-state index contributed by atoms with van der Waals surface area (Å²) in [5.41, 5.74) is 1.73. The Labute approximate surface area is 165 Å². The molecule has 6 nitrogen and oxygen atoms in total. The quantitative estimate of drug-likeness (QED) is 0.531. The first-order valence-corrected chi connectivity index (χ1v) is 9.10. The highest BCUT2D eigenvalue weighted by Crippen LogP contribution is 2.21. The topological polar surface area (TPSA) is 83.4 Å². The van der Waals surface area contributed by atoms with E-state index in [0.29, 0.717) is 29.2 Å². The SMILES string of the molecule is O=C(CNc1ccccc1C(=O)NCc1ccco1)Nc1ccccc1Br. The Morgan fingerprint density at radius 1 is 0.926 bits per heavy atom. The Morgan fingerprint density at radius 2 is 1.67 bits per heavy atom. The highest BCUT2D eigenvalue weighted by Gasteiger charge is 2.12. The molecule has 3 aromatic rings. The molecule has 0 atom stereocenters. The van der Waals surface area contributed by atoms with Crippen LogP contribution < -0.4 is 16.0 Å². The summed E-state index contributed by atoms with van der Waals surface area (Å²) in [4.78, 5) is 24.6. The van der Waals surface area contributed by atoms with Gasteiger partial charge in [-0.3, -0.25) is 9.59 Å². The Morgan fingerprint density at radius 3 is 2.41 bits per heavy atom. The number of hydrogen-bond donors (Lipinski definition) is 3. The molecule has 0 fully saturated rings. The number of anilines is 2. The van der Waals surface area contributed by atoms with Crippen LogP contribution in [0.5, 0.6) is 0 Å². The Hall–Kier alpha value is -3.06. The molecule has 2 aromatic carbocycles. The fourth-order valence-electron chi connectivity index (χ4n) is 2.44. The predicted octanol–water partition coefficient (Wildman–Crippen LogP) is 4.02. The zero-order chi connectivity index (χ0) is 19.1. The molecule has 7 heteroatoms. The van der Waals surface area contributed by atoms with E-state index in [1.807, 2.05) is 18.2 Å². The summed E-state index contributed by atoms with van der Waals surface area (Å²) in [5.74, 6) is 0.204. The molecule has 0 saturated heterocycles. The van der Waals surface area contributed by atoms with Gasteiger partial charge in [0.2, 0.25) is 5.91 Å². The largest absolute Gasteiger partial charge is 0.467 e. The Kier molecular flexibility index (Phi) is 6.27. The fraction of sp³-hybridized carbons (Fsp3) is 0.100. The van der Waals surface area contributed by atoms with Gasteiger partial charge in [-0.15, -0.1) is 0 Å². The van der Waals surface area contributed by atoms with Crippen molar-refractivity contribution in [1.82, 2.24) is 5.32 Å². The van der Waals surface area contributed by atoms with E-state index in [0.717, 1.165) is 4.47 Å². The molecule has 0 aliphatic rings. The van der Waals surface area contributed by atoms with Crippen molar-refractivity contribution < 1.29 is 14.0 Å². The number of amides is 2. The zero-order valence-corrected chi connectivity index (χ0v) is 16.0. The minimum absolute atomic E-state index is 0.0316. The van der Waals surface area contributed by atoms with E-state index in [1.165, 1.54) is 0 Å². The number of carbonyl (C=O) groups excluding carboxylic acids is 2. The molecule has 0 spiro atoms. The lowest BCUT2D eigenvalue weighted by atomic mass is 10.1. The van der Waals surface area contributed by atoms with Gasteiger partial charge < -0.3 is 20.4 Å². The summed E-state index contributed by atoms with van der Waals surface area (Å²) in [7, 11) is 0. The normalized spacial score (nSPS) is 10.3. The number of para-hydroxylation sites is 2. The number of halogens is 1. The first-order chi connectivity index (χ1) is 13.1. The average molecular weight is 428 g/mol. The van der Waals surface area contributed by atoms with E-state index >= 15 is 0 Å². The van der Waals surface area contributed by atoms with Gasteiger partial charge >= 0.3 is 0 Å². The summed E-state index contributed by atoms with van der Waals surface area (Å²) in [6, 6.07) is 17.9. The molecule has 3 N–H and O–H groups in total. The third kappa shape index (κ3) is 5.21. The number of benzene rings is 2. The van der Waals surface area contributed by atoms with E-state index in [4.69, 9.17) is 4.42 Å². The van der Waals surface area contributed by atoms with Gasteiger partial charge in [0.25, 0.3) is 5.91 Å². The van der Waals surface area contributed by atoms with E-state index in [2.05, 4.69) is 31.9 Å². The molecule has 0 aliphatic heterocycles. The van der Waals surface area contributed by atoms with Gasteiger partial charge in [-0.1, -0.05) is 24.3 Å². The van der Waals surface area contributed by atoms with Crippen LogP contribution in [0.4, 0.5) is 11.4 Å². The summed E-state index contributed by atoms with van der Waals surface area (Å²) in [6.07, 6.45) is 1.56. The predicted molar refractivity (Wildman–Crippen MR) is 108 cm³/mol. The summed E-state index contributed by atoms with van der Waals surface area (Å²) in [6.45, 7) is 0.326. The van der Waals surface area contributed by atoms with Crippen molar-refractivity contribution in [3.05, 3.63) is 82.7 Å². The third-order valence-electron chi connectivity index (χ3n) is 3.76. The maximum absolute atomic E-state index is 12.4. The van der Waals surface area contributed by atoms with Gasteiger partial charge in [0.15, 0.2) is 0 Å². The maximum Gasteiger partial charge on any atom is 0.253 e. The lowest BCUT2D eigenvalue weighted by Crippen LogP contribution is -2.26. The average Bonchev–Trinajstić information content (AvgIpc) is 3.20. The Bertz CT molecular complexity index is 926. The number of hydrogen-bond acceptors (Lipinski definition) is 4. The van der Waals surface area contributed by atoms with Crippen LogP contribution in [-0.4, -0.2) is 18.4 Å². The standard InChI is InChI=1S/C20H18BrN3O3/c21-16-8-2-4-10-18(16)24-19(25)13-22-17-9-3-1-7-15(17)20(26)23-12-14-6-5-11-27-14/h1-11,22H,12-13H2,(H,23,26)(H,24,25). The molecule has 0 bridgehead atoms. The van der Waals surface area contributed by atoms with Gasteiger partial charge in [-0.2, -0.15) is 0 Å². The minimum atomic E-state index is -0.249. The Balaban J connectivity index is 1.59. The van der Waals surface area contributed by atoms with E-state index in [9.17, 15) is 9.59 Å². The van der Waals surface area contributed by atoms with Crippen LogP contribution in [0.2, 0.25) is 0 Å². The summed E-state index contributed by atoms with van der Waals surface area (Å²) < 4.78 is 6.01. The van der Waals surface area contributed by atoms with E-state index < -0.39 is 0 Å². The van der Waals surface area contributed by atoms with Crippen molar-refractivity contribution in [3.8, 4) is 0 Å². The van der Waals surface area contributed by atoms with Gasteiger partial charge in [0.1, 0.15) is 5.76 Å². The molecule has 1 aromatic heterocycles. The van der Waals surface area contributed by atoms with E-state index in [1.54, 1.807) is 48.7 Å². The molecule has 0 unspecified atom stereocenters.